The van der Waals surface area contributed by atoms with Crippen LogP contribution < -0.4 is 0 Å². The normalized spacial score (nSPS) is 18.7. The van der Waals surface area contributed by atoms with E-state index in [0.717, 1.165) is 31.5 Å². The van der Waals surface area contributed by atoms with E-state index in [1.165, 1.54) is 6.20 Å². The molecule has 2 saturated heterocycles. The zero-order valence-electron chi connectivity index (χ0n) is 14.4. The third-order valence-corrected chi connectivity index (χ3v) is 5.57. The highest BCUT2D eigenvalue weighted by atomic mass is 35.5. The molecule has 1 aromatic heterocycles. The number of hydrogen-bond acceptors (Lipinski definition) is 3. The summed E-state index contributed by atoms with van der Waals surface area (Å²) in [6, 6.07) is 7.61. The van der Waals surface area contributed by atoms with Crippen molar-refractivity contribution in [3.63, 3.8) is 0 Å². The molecule has 0 aliphatic carbocycles. The van der Waals surface area contributed by atoms with Crippen LogP contribution in [0.2, 0.25) is 5.02 Å². The number of likely N-dealkylation sites (tertiary alicyclic amines) is 2. The van der Waals surface area contributed by atoms with Crippen LogP contribution in [0.4, 0.5) is 0 Å². The van der Waals surface area contributed by atoms with E-state index in [1.54, 1.807) is 11.1 Å². The van der Waals surface area contributed by atoms with E-state index in [-0.39, 0.29) is 11.8 Å². The van der Waals surface area contributed by atoms with Gasteiger partial charge in [0.05, 0.1) is 17.2 Å². The van der Waals surface area contributed by atoms with Gasteiger partial charge in [-0.2, -0.15) is 5.10 Å². The van der Waals surface area contributed by atoms with Gasteiger partial charge in [0.25, 0.3) is 5.91 Å². The number of nitrogens with one attached hydrogen (secondary N) is 1. The Labute approximate surface area is 157 Å². The lowest BCUT2D eigenvalue weighted by atomic mass is 9.73. The van der Waals surface area contributed by atoms with Gasteiger partial charge in [0, 0.05) is 37.4 Å². The molecular formula is C19H21ClN4O2. The summed E-state index contributed by atoms with van der Waals surface area (Å²) in [7, 11) is 0. The van der Waals surface area contributed by atoms with E-state index in [2.05, 4.69) is 10.2 Å². The van der Waals surface area contributed by atoms with Crippen molar-refractivity contribution in [2.45, 2.75) is 19.3 Å². The molecule has 0 saturated carbocycles. The Bertz CT molecular complexity index is 791. The predicted octanol–water partition coefficient (Wildman–Crippen LogP) is 2.37. The molecule has 1 aromatic carbocycles. The number of rotatable bonds is 4. The van der Waals surface area contributed by atoms with Crippen molar-refractivity contribution < 1.29 is 9.59 Å². The quantitative estimate of drug-likeness (QED) is 0.895. The zero-order chi connectivity index (χ0) is 18.1. The molecule has 0 atom stereocenters. The lowest BCUT2D eigenvalue weighted by molar-refractivity contribution is -0.149. The number of hydrogen-bond donors (Lipinski definition) is 1. The van der Waals surface area contributed by atoms with Gasteiger partial charge < -0.3 is 9.80 Å². The molecule has 2 amide bonds. The van der Waals surface area contributed by atoms with Gasteiger partial charge in [0.2, 0.25) is 5.91 Å². The molecule has 4 rings (SSSR count). The molecule has 2 aromatic rings. The average Bonchev–Trinajstić information content (AvgIpc) is 3.31. The monoisotopic (exact) mass is 372 g/mol. The zero-order valence-corrected chi connectivity index (χ0v) is 15.2. The summed E-state index contributed by atoms with van der Waals surface area (Å²) in [5.74, 6) is 0.0842. The largest absolute Gasteiger partial charge is 0.342 e. The van der Waals surface area contributed by atoms with Crippen LogP contribution in [0.5, 0.6) is 0 Å². The van der Waals surface area contributed by atoms with Crippen molar-refractivity contribution in [1.82, 2.24) is 20.0 Å². The van der Waals surface area contributed by atoms with Gasteiger partial charge in [0.1, 0.15) is 0 Å². The fraction of sp³-hybridized carbons (Fsp3) is 0.421. The van der Waals surface area contributed by atoms with Gasteiger partial charge in [-0.25, -0.2) is 0 Å². The fourth-order valence-corrected chi connectivity index (χ4v) is 4.08. The maximum Gasteiger partial charge on any atom is 0.257 e. The van der Waals surface area contributed by atoms with E-state index >= 15 is 0 Å². The third kappa shape index (κ3) is 3.09. The summed E-state index contributed by atoms with van der Waals surface area (Å²) in [5.41, 5.74) is 1.05. The Morgan fingerprint density at radius 1 is 1.12 bits per heavy atom. The maximum atomic E-state index is 13.2. The van der Waals surface area contributed by atoms with Gasteiger partial charge in [-0.1, -0.05) is 23.7 Å². The number of aromatic amines is 1. The van der Waals surface area contributed by atoms with Gasteiger partial charge in [-0.15, -0.1) is 0 Å². The van der Waals surface area contributed by atoms with Crippen molar-refractivity contribution in [1.29, 1.82) is 0 Å². The second-order valence-electron chi connectivity index (χ2n) is 7.23. The summed E-state index contributed by atoms with van der Waals surface area (Å²) >= 11 is 5.98. The van der Waals surface area contributed by atoms with Crippen LogP contribution in [0.15, 0.2) is 36.7 Å². The number of benzene rings is 1. The number of carbonyl (C=O) groups is 2. The van der Waals surface area contributed by atoms with Crippen molar-refractivity contribution >= 4 is 23.4 Å². The summed E-state index contributed by atoms with van der Waals surface area (Å²) in [4.78, 5) is 29.4. The molecule has 7 heteroatoms. The highest BCUT2D eigenvalue weighted by molar-refractivity contribution is 6.30. The third-order valence-electron chi connectivity index (χ3n) is 5.32. The van der Waals surface area contributed by atoms with Crippen molar-refractivity contribution in [3.05, 3.63) is 52.8 Å². The van der Waals surface area contributed by atoms with Crippen molar-refractivity contribution in [2.24, 2.45) is 5.41 Å². The molecule has 3 heterocycles. The van der Waals surface area contributed by atoms with Gasteiger partial charge in [0.15, 0.2) is 0 Å². The number of H-pyrrole nitrogens is 1. The minimum Gasteiger partial charge on any atom is -0.342 e. The first-order valence-electron chi connectivity index (χ1n) is 8.89. The van der Waals surface area contributed by atoms with Gasteiger partial charge in [-0.3, -0.25) is 14.7 Å². The SMILES string of the molecule is O=C(c1cn[nH]c1)N1CC(Cc2ccc(Cl)cc2)(C(=O)N2CCCC2)C1. The van der Waals surface area contributed by atoms with Crippen LogP contribution in [-0.4, -0.2) is 58.0 Å². The van der Waals surface area contributed by atoms with E-state index < -0.39 is 5.41 Å². The van der Waals surface area contributed by atoms with E-state index in [0.29, 0.717) is 30.1 Å². The predicted molar refractivity (Wildman–Crippen MR) is 97.9 cm³/mol. The Hall–Kier alpha value is -2.34. The topological polar surface area (TPSA) is 69.3 Å². The maximum absolute atomic E-state index is 13.2. The Balaban J connectivity index is 1.54. The van der Waals surface area contributed by atoms with E-state index in [9.17, 15) is 9.59 Å². The number of aromatic nitrogens is 2. The molecule has 0 unspecified atom stereocenters. The van der Waals surface area contributed by atoms with E-state index in [4.69, 9.17) is 11.6 Å². The average molecular weight is 373 g/mol. The minimum absolute atomic E-state index is 0.0836. The molecule has 0 spiro atoms. The molecule has 2 fully saturated rings. The smallest absolute Gasteiger partial charge is 0.257 e. The van der Waals surface area contributed by atoms with Crippen LogP contribution in [0.1, 0.15) is 28.8 Å². The fourth-order valence-electron chi connectivity index (χ4n) is 3.95. The molecule has 0 bridgehead atoms. The lowest BCUT2D eigenvalue weighted by Crippen LogP contribution is -2.65. The summed E-state index contributed by atoms with van der Waals surface area (Å²) in [6.45, 7) is 2.51. The Morgan fingerprint density at radius 3 is 2.42 bits per heavy atom. The van der Waals surface area contributed by atoms with Crippen LogP contribution in [0, 0.1) is 5.41 Å². The summed E-state index contributed by atoms with van der Waals surface area (Å²) < 4.78 is 0. The summed E-state index contributed by atoms with van der Waals surface area (Å²) in [6.07, 6.45) is 5.84. The Kier molecular flexibility index (Phi) is 4.44. The molecular weight excluding hydrogens is 352 g/mol. The Morgan fingerprint density at radius 2 is 1.81 bits per heavy atom. The molecule has 136 valence electrons. The minimum atomic E-state index is -0.544. The first-order chi connectivity index (χ1) is 12.6. The molecule has 2 aliphatic rings. The van der Waals surface area contributed by atoms with Crippen LogP contribution in [-0.2, 0) is 11.2 Å². The highest BCUT2D eigenvalue weighted by Crippen LogP contribution is 2.38. The van der Waals surface area contributed by atoms with Crippen LogP contribution in [0.25, 0.3) is 0 Å². The van der Waals surface area contributed by atoms with Crippen LogP contribution >= 0.6 is 11.6 Å². The molecule has 6 nitrogen and oxygen atoms in total. The van der Waals surface area contributed by atoms with E-state index in [1.807, 2.05) is 29.2 Å². The standard InChI is InChI=1S/C19H21ClN4O2/c20-16-5-3-14(4-6-16)9-19(18(26)23-7-1-2-8-23)12-24(13-19)17(25)15-10-21-22-11-15/h3-6,10-11H,1-2,7-9,12-13H2,(H,21,22). The summed E-state index contributed by atoms with van der Waals surface area (Å²) in [5, 5.41) is 7.18. The van der Waals surface area contributed by atoms with Crippen molar-refractivity contribution in [2.75, 3.05) is 26.2 Å². The second-order valence-corrected chi connectivity index (χ2v) is 7.67. The second kappa shape index (κ2) is 6.76. The van der Waals surface area contributed by atoms with Gasteiger partial charge in [-0.05, 0) is 37.0 Å². The number of carbonyl (C=O) groups excluding carboxylic acids is 2. The van der Waals surface area contributed by atoms with Crippen molar-refractivity contribution in [3.8, 4) is 0 Å². The first-order valence-corrected chi connectivity index (χ1v) is 9.27. The molecule has 0 radical (unpaired) electrons. The molecule has 2 aliphatic heterocycles. The number of amides is 2. The van der Waals surface area contributed by atoms with Crippen LogP contribution in [0.3, 0.4) is 0 Å². The lowest BCUT2D eigenvalue weighted by Gasteiger charge is -2.50. The highest BCUT2D eigenvalue weighted by Gasteiger charge is 2.52. The van der Waals surface area contributed by atoms with Gasteiger partial charge >= 0.3 is 0 Å². The molecule has 1 N–H and O–H groups in total. The molecule has 26 heavy (non-hydrogen) atoms. The number of halogens is 1. The number of nitrogens with zero attached hydrogens (tertiary/aromatic N) is 3. The first kappa shape index (κ1) is 17.1.